The van der Waals surface area contributed by atoms with E-state index in [2.05, 4.69) is 94.5 Å². The molecule has 0 bridgehead atoms. The Balaban J connectivity index is -0.000000731. The summed E-state index contributed by atoms with van der Waals surface area (Å²) in [7, 11) is 0. The number of carboxylic acid groups (broad SMARTS) is 2. The molecule has 0 unspecified atom stereocenters. The van der Waals surface area contributed by atoms with Crippen LogP contribution in [0.15, 0.2) is 0 Å². The van der Waals surface area contributed by atoms with E-state index in [4.69, 9.17) is 0 Å². The van der Waals surface area contributed by atoms with Crippen LogP contribution in [0.3, 0.4) is 0 Å². The Kier molecular flexibility index (Phi) is 40.9. The molecule has 4 nitrogen and oxygen atoms in total. The van der Waals surface area contributed by atoms with Gasteiger partial charge >= 0.3 is 69.5 Å². The van der Waals surface area contributed by atoms with E-state index in [1.807, 2.05) is 0 Å². The summed E-state index contributed by atoms with van der Waals surface area (Å²) in [6.45, 7) is 22.4. The molecule has 7 heteroatoms. The second-order valence-electron chi connectivity index (χ2n) is 17.1. The van der Waals surface area contributed by atoms with Gasteiger partial charge in [-0.2, -0.15) is 25.3 Å². The van der Waals surface area contributed by atoms with Crippen LogP contribution in [0.5, 0.6) is 0 Å². The van der Waals surface area contributed by atoms with Gasteiger partial charge in [0.25, 0.3) is 0 Å². The molecule has 0 fully saturated rings. The molecule has 0 saturated carbocycles. The third-order valence-electron chi connectivity index (χ3n) is 9.66. The summed E-state index contributed by atoms with van der Waals surface area (Å²) in [5.74, 6) is 0.943. The molecule has 0 amide bonds. The van der Waals surface area contributed by atoms with Crippen molar-refractivity contribution in [2.24, 2.45) is 23.7 Å². The van der Waals surface area contributed by atoms with Crippen molar-refractivity contribution in [2.75, 3.05) is 0 Å². The third kappa shape index (κ3) is 39.9. The zero-order chi connectivity index (χ0) is 39.6. The van der Waals surface area contributed by atoms with E-state index in [0.717, 1.165) is 75.0 Å². The predicted molar refractivity (Wildman–Crippen MR) is 230 cm³/mol. The SMILES string of the molecule is CC(C)CCCCCC(S)(CCCCCC(C)C)C(=O)[O-].CC(C)CCCCCC(S)(CCCCCC(C)C)C(=O)[O-].CCC[CH2][Sn+2][CH2]CCC. The van der Waals surface area contributed by atoms with Crippen molar-refractivity contribution in [3.63, 3.8) is 0 Å². The van der Waals surface area contributed by atoms with Crippen LogP contribution in [0.25, 0.3) is 0 Å². The fourth-order valence-corrected chi connectivity index (χ4v) is 10.8. The van der Waals surface area contributed by atoms with Gasteiger partial charge in [0.05, 0.1) is 21.4 Å². The quantitative estimate of drug-likeness (QED) is 0.0401. The van der Waals surface area contributed by atoms with Crippen LogP contribution in [0, 0.1) is 23.7 Å². The Hall–Kier alpha value is 0.439. The number of carboxylic acids is 2. The van der Waals surface area contributed by atoms with Gasteiger partial charge in [0.2, 0.25) is 0 Å². The van der Waals surface area contributed by atoms with Gasteiger partial charge in [-0.3, -0.25) is 0 Å². The summed E-state index contributed by atoms with van der Waals surface area (Å²) in [4.78, 5) is 22.8. The van der Waals surface area contributed by atoms with E-state index in [1.165, 1.54) is 77.0 Å². The van der Waals surface area contributed by atoms with E-state index in [1.54, 1.807) is 8.87 Å². The molecule has 0 aliphatic heterocycles. The standard InChI is InChI=1S/2C18H36O2S.2C4H9.Sn/c2*1-15(2)11-7-5-9-13-18(21,17(19)20)14-10-6-8-12-16(3)4;2*1-3-4-2;/h2*15-16,21H,5-14H2,1-4H3,(H,19,20);2*1,3-4H2,2H3;/q;;;;+2/p-2. The first-order valence-corrected chi connectivity index (χ1v) is 26.5. The van der Waals surface area contributed by atoms with Gasteiger partial charge < -0.3 is 19.8 Å². The molecule has 0 radical (unpaired) electrons. The first-order chi connectivity index (χ1) is 24.0. The van der Waals surface area contributed by atoms with Crippen LogP contribution in [-0.4, -0.2) is 42.6 Å². The molecule has 0 heterocycles. The summed E-state index contributed by atoms with van der Waals surface area (Å²) in [6, 6.07) is 0. The predicted octanol–water partition coefficient (Wildman–Crippen LogP) is 12.4. The van der Waals surface area contributed by atoms with E-state index in [0.29, 0.717) is 25.7 Å². The molecular formula is C44H88O4S2Sn. The monoisotopic (exact) mass is 865 g/mol. The molecule has 0 aliphatic rings. The Bertz CT molecular complexity index is 674. The summed E-state index contributed by atoms with van der Waals surface area (Å²) in [6.07, 6.45) is 26.2. The molecule has 0 aromatic heterocycles. The Morgan fingerprint density at radius 3 is 0.863 bits per heavy atom. The van der Waals surface area contributed by atoms with Crippen LogP contribution in [0.4, 0.5) is 0 Å². The fraction of sp³-hybridized carbons (Fsp3) is 0.955. The second kappa shape index (κ2) is 37.4. The maximum atomic E-state index is 11.4. The van der Waals surface area contributed by atoms with E-state index in [9.17, 15) is 19.8 Å². The van der Waals surface area contributed by atoms with Gasteiger partial charge in [0, 0.05) is 0 Å². The average Bonchev–Trinajstić information content (AvgIpc) is 3.04. The molecular weight excluding hydrogens is 775 g/mol. The molecule has 0 atom stereocenters. The van der Waals surface area contributed by atoms with Crippen molar-refractivity contribution in [1.29, 1.82) is 0 Å². The average molecular weight is 864 g/mol. The van der Waals surface area contributed by atoms with Gasteiger partial charge in [-0.25, -0.2) is 0 Å². The third-order valence-corrected chi connectivity index (χ3v) is 15.0. The number of hydrogen-bond acceptors (Lipinski definition) is 6. The van der Waals surface area contributed by atoms with Gasteiger partial charge in [0.1, 0.15) is 0 Å². The van der Waals surface area contributed by atoms with Crippen molar-refractivity contribution < 1.29 is 19.8 Å². The zero-order valence-electron chi connectivity index (χ0n) is 35.7. The Morgan fingerprint density at radius 2 is 0.686 bits per heavy atom. The molecule has 304 valence electrons. The van der Waals surface area contributed by atoms with Crippen molar-refractivity contribution in [2.45, 2.75) is 242 Å². The second-order valence-corrected chi connectivity index (χ2v) is 23.1. The molecule has 0 saturated heterocycles. The minimum absolute atomic E-state index is 0.149. The first kappa shape index (κ1) is 55.8. The topological polar surface area (TPSA) is 80.3 Å². The van der Waals surface area contributed by atoms with Crippen LogP contribution < -0.4 is 10.2 Å². The molecule has 0 spiro atoms. The van der Waals surface area contributed by atoms with Crippen LogP contribution in [-0.2, 0) is 9.59 Å². The summed E-state index contributed by atoms with van der Waals surface area (Å²) < 4.78 is 1.41. The Morgan fingerprint density at radius 1 is 0.451 bits per heavy atom. The number of rotatable bonds is 32. The van der Waals surface area contributed by atoms with Crippen molar-refractivity contribution >= 4 is 58.3 Å². The number of unbranched alkanes of at least 4 members (excludes halogenated alkanes) is 10. The van der Waals surface area contributed by atoms with E-state index < -0.39 is 21.4 Å². The number of hydrogen-bond donors (Lipinski definition) is 2. The molecule has 51 heavy (non-hydrogen) atoms. The van der Waals surface area contributed by atoms with Crippen molar-refractivity contribution in [3.8, 4) is 0 Å². The molecule has 0 aliphatic carbocycles. The Labute approximate surface area is 341 Å². The van der Waals surface area contributed by atoms with Gasteiger partial charge in [-0.15, -0.1) is 0 Å². The van der Waals surface area contributed by atoms with Crippen LogP contribution in [0.2, 0.25) is 8.87 Å². The van der Waals surface area contributed by atoms with Crippen LogP contribution >= 0.6 is 25.3 Å². The van der Waals surface area contributed by atoms with Crippen molar-refractivity contribution in [1.82, 2.24) is 0 Å². The number of carbonyl (C=O) groups is 2. The fourth-order valence-electron chi connectivity index (χ4n) is 5.97. The normalized spacial score (nSPS) is 11.8. The molecule has 0 aromatic carbocycles. The van der Waals surface area contributed by atoms with Gasteiger partial charge in [-0.1, -0.05) is 158 Å². The number of carbonyl (C=O) groups excluding carboxylic acids is 2. The van der Waals surface area contributed by atoms with Gasteiger partial charge in [-0.05, 0) is 49.4 Å². The van der Waals surface area contributed by atoms with E-state index >= 15 is 0 Å². The molecule has 0 aromatic rings. The number of aliphatic carboxylic acids is 2. The first-order valence-electron chi connectivity index (χ1n) is 21.6. The summed E-state index contributed by atoms with van der Waals surface area (Å²) in [5.41, 5.74) is 0. The minimum atomic E-state index is -0.987. The molecule has 0 N–H and O–H groups in total. The van der Waals surface area contributed by atoms with Gasteiger partial charge in [0.15, 0.2) is 0 Å². The van der Waals surface area contributed by atoms with E-state index in [-0.39, 0.29) is 21.1 Å². The molecule has 0 rings (SSSR count). The zero-order valence-corrected chi connectivity index (χ0v) is 40.4. The summed E-state index contributed by atoms with van der Waals surface area (Å²) >= 11 is 9.02. The maximum absolute atomic E-state index is 11.4. The van der Waals surface area contributed by atoms with Crippen LogP contribution in [0.1, 0.15) is 223 Å². The number of thiol groups is 2. The van der Waals surface area contributed by atoms with Crippen molar-refractivity contribution in [3.05, 3.63) is 0 Å². The summed E-state index contributed by atoms with van der Waals surface area (Å²) in [5, 5.41) is 22.8.